The average Bonchev–Trinajstić information content (AvgIpc) is 3.24. The van der Waals surface area contributed by atoms with Crippen LogP contribution in [0.1, 0.15) is 36.0 Å². The summed E-state index contributed by atoms with van der Waals surface area (Å²) in [5.41, 5.74) is 0.580. The molecule has 128 valence electrons. The molecule has 2 aliphatic rings. The van der Waals surface area contributed by atoms with Crippen molar-refractivity contribution in [2.75, 3.05) is 24.5 Å². The number of rotatable bonds is 4. The molecule has 0 unspecified atom stereocenters. The number of hydrogen-bond donors (Lipinski definition) is 1. The summed E-state index contributed by atoms with van der Waals surface area (Å²) in [6.45, 7) is 1.89. The number of nitrogens with zero attached hydrogens (tertiary/aromatic N) is 3. The highest BCUT2D eigenvalue weighted by atomic mass is 16.6. The number of anilines is 1. The second-order valence-electron chi connectivity index (χ2n) is 6.15. The van der Waals surface area contributed by atoms with E-state index < -0.39 is 22.8 Å². The number of aliphatic carboxylic acids is 1. The Balaban J connectivity index is 1.91. The maximum absolute atomic E-state index is 12.6. The molecule has 1 aromatic rings. The molecule has 0 radical (unpaired) electrons. The van der Waals surface area contributed by atoms with Crippen LogP contribution in [0.3, 0.4) is 0 Å². The van der Waals surface area contributed by atoms with Crippen molar-refractivity contribution in [1.29, 1.82) is 0 Å². The zero-order chi connectivity index (χ0) is 17.3. The van der Waals surface area contributed by atoms with Crippen LogP contribution in [0, 0.1) is 10.1 Å². The van der Waals surface area contributed by atoms with E-state index in [1.807, 2.05) is 4.90 Å². The molecule has 0 saturated carbocycles. The second kappa shape index (κ2) is 6.46. The van der Waals surface area contributed by atoms with E-state index in [0.717, 1.165) is 25.9 Å². The Morgan fingerprint density at radius 3 is 2.50 bits per heavy atom. The van der Waals surface area contributed by atoms with E-state index in [1.165, 1.54) is 11.0 Å². The van der Waals surface area contributed by atoms with Gasteiger partial charge in [0, 0.05) is 31.3 Å². The van der Waals surface area contributed by atoms with E-state index in [2.05, 4.69) is 0 Å². The summed E-state index contributed by atoms with van der Waals surface area (Å²) < 4.78 is 0. The third-order valence-corrected chi connectivity index (χ3v) is 4.66. The van der Waals surface area contributed by atoms with Gasteiger partial charge in [-0.05, 0) is 37.8 Å². The molecule has 2 saturated heterocycles. The molecule has 0 aromatic heterocycles. The lowest BCUT2D eigenvalue weighted by molar-refractivity contribution is -0.384. The molecule has 0 bridgehead atoms. The molecule has 8 nitrogen and oxygen atoms in total. The normalized spacial score (nSPS) is 20.4. The Hall–Kier alpha value is -2.64. The van der Waals surface area contributed by atoms with Gasteiger partial charge in [0.2, 0.25) is 0 Å². The van der Waals surface area contributed by atoms with Crippen LogP contribution >= 0.6 is 0 Å². The fourth-order valence-electron chi connectivity index (χ4n) is 3.46. The van der Waals surface area contributed by atoms with Crippen LogP contribution in [-0.2, 0) is 4.79 Å². The summed E-state index contributed by atoms with van der Waals surface area (Å²) in [6, 6.07) is 3.57. The number of carboxylic acid groups (broad SMARTS) is 1. The Kier molecular flexibility index (Phi) is 4.37. The molecule has 8 heteroatoms. The maximum atomic E-state index is 12.6. The molecule has 1 atom stereocenters. The maximum Gasteiger partial charge on any atom is 0.326 e. The third-order valence-electron chi connectivity index (χ3n) is 4.66. The smallest absolute Gasteiger partial charge is 0.326 e. The summed E-state index contributed by atoms with van der Waals surface area (Å²) in [7, 11) is 0. The molecule has 3 rings (SSSR count). The number of nitro benzene ring substituents is 1. The first-order chi connectivity index (χ1) is 11.5. The van der Waals surface area contributed by atoms with Gasteiger partial charge in [-0.2, -0.15) is 0 Å². The van der Waals surface area contributed by atoms with E-state index in [4.69, 9.17) is 0 Å². The molecule has 1 amide bonds. The van der Waals surface area contributed by atoms with E-state index in [9.17, 15) is 24.8 Å². The van der Waals surface area contributed by atoms with E-state index >= 15 is 0 Å². The molecule has 2 aliphatic heterocycles. The lowest BCUT2D eigenvalue weighted by Gasteiger charge is -2.22. The second-order valence-corrected chi connectivity index (χ2v) is 6.15. The minimum Gasteiger partial charge on any atom is -0.480 e. The monoisotopic (exact) mass is 333 g/mol. The molecule has 1 N–H and O–H groups in total. The number of amides is 1. The standard InChI is InChI=1S/C16H19N3O5/c20-15(18-9-3-4-13(18)16(21)22)11-5-6-12(14(10-11)19(23)24)17-7-1-2-8-17/h5-6,10,13H,1-4,7-9H2,(H,21,22)/t13-/m1/s1. The van der Waals surface area contributed by atoms with Crippen molar-refractivity contribution < 1.29 is 19.6 Å². The molecule has 0 aliphatic carbocycles. The van der Waals surface area contributed by atoms with Crippen LogP contribution < -0.4 is 4.90 Å². The summed E-state index contributed by atoms with van der Waals surface area (Å²) in [5, 5.41) is 20.6. The number of carbonyl (C=O) groups is 2. The summed E-state index contributed by atoms with van der Waals surface area (Å²) >= 11 is 0. The number of likely N-dealkylation sites (tertiary alicyclic amines) is 1. The zero-order valence-corrected chi connectivity index (χ0v) is 13.2. The Morgan fingerprint density at radius 2 is 1.88 bits per heavy atom. The Labute approximate surface area is 138 Å². The van der Waals surface area contributed by atoms with E-state index in [-0.39, 0.29) is 11.3 Å². The van der Waals surface area contributed by atoms with Crippen LogP contribution in [0.5, 0.6) is 0 Å². The molecule has 0 spiro atoms. The predicted molar refractivity (Wildman–Crippen MR) is 86.2 cm³/mol. The van der Waals surface area contributed by atoms with Gasteiger partial charge in [-0.25, -0.2) is 4.79 Å². The first kappa shape index (κ1) is 16.2. The number of carboxylic acids is 1. The zero-order valence-electron chi connectivity index (χ0n) is 13.2. The lowest BCUT2D eigenvalue weighted by Crippen LogP contribution is -2.40. The van der Waals surface area contributed by atoms with Crippen LogP contribution in [-0.4, -0.2) is 52.5 Å². The van der Waals surface area contributed by atoms with Crippen molar-refractivity contribution in [2.45, 2.75) is 31.7 Å². The molecule has 2 fully saturated rings. The van der Waals surface area contributed by atoms with Crippen molar-refractivity contribution >= 4 is 23.3 Å². The van der Waals surface area contributed by atoms with Gasteiger partial charge in [-0.3, -0.25) is 14.9 Å². The van der Waals surface area contributed by atoms with Crippen molar-refractivity contribution in [3.63, 3.8) is 0 Å². The Bertz CT molecular complexity index is 684. The van der Waals surface area contributed by atoms with Gasteiger partial charge in [0.1, 0.15) is 11.7 Å². The molecular formula is C16H19N3O5. The van der Waals surface area contributed by atoms with Crippen molar-refractivity contribution in [3.05, 3.63) is 33.9 Å². The number of benzene rings is 1. The number of hydrogen-bond acceptors (Lipinski definition) is 5. The number of carbonyl (C=O) groups excluding carboxylic acids is 1. The highest BCUT2D eigenvalue weighted by Crippen LogP contribution is 2.32. The first-order valence-corrected chi connectivity index (χ1v) is 8.06. The predicted octanol–water partition coefficient (Wildman–Crippen LogP) is 1.88. The summed E-state index contributed by atoms with van der Waals surface area (Å²) in [4.78, 5) is 38.0. The fourth-order valence-corrected chi connectivity index (χ4v) is 3.46. The lowest BCUT2D eigenvalue weighted by atomic mass is 10.1. The first-order valence-electron chi connectivity index (χ1n) is 8.06. The Morgan fingerprint density at radius 1 is 1.17 bits per heavy atom. The topological polar surface area (TPSA) is 104 Å². The van der Waals surface area contributed by atoms with Gasteiger partial charge in [0.05, 0.1) is 4.92 Å². The van der Waals surface area contributed by atoms with Crippen molar-refractivity contribution in [1.82, 2.24) is 4.90 Å². The minimum absolute atomic E-state index is 0.103. The van der Waals surface area contributed by atoms with Gasteiger partial charge >= 0.3 is 5.97 Å². The van der Waals surface area contributed by atoms with Crippen LogP contribution in [0.25, 0.3) is 0 Å². The summed E-state index contributed by atoms with van der Waals surface area (Å²) in [5.74, 6) is -1.50. The third kappa shape index (κ3) is 2.91. The minimum atomic E-state index is -1.04. The molecule has 24 heavy (non-hydrogen) atoms. The van der Waals surface area contributed by atoms with Gasteiger partial charge in [0.15, 0.2) is 0 Å². The quantitative estimate of drug-likeness (QED) is 0.666. The van der Waals surface area contributed by atoms with E-state index in [1.54, 1.807) is 12.1 Å². The van der Waals surface area contributed by atoms with Gasteiger partial charge in [-0.1, -0.05) is 0 Å². The van der Waals surface area contributed by atoms with Gasteiger partial charge < -0.3 is 14.9 Å². The molecule has 2 heterocycles. The van der Waals surface area contributed by atoms with Gasteiger partial charge in [-0.15, -0.1) is 0 Å². The highest BCUT2D eigenvalue weighted by molar-refractivity contribution is 5.98. The van der Waals surface area contributed by atoms with E-state index in [0.29, 0.717) is 25.1 Å². The SMILES string of the molecule is O=C(O)[C@H]1CCCN1C(=O)c1ccc(N2CCCC2)c([N+](=O)[O-])c1. The highest BCUT2D eigenvalue weighted by Gasteiger charge is 2.35. The molecular weight excluding hydrogens is 314 g/mol. The van der Waals surface area contributed by atoms with Crippen LogP contribution in [0.15, 0.2) is 18.2 Å². The van der Waals surface area contributed by atoms with Crippen molar-refractivity contribution in [2.24, 2.45) is 0 Å². The van der Waals surface area contributed by atoms with Crippen LogP contribution in [0.4, 0.5) is 11.4 Å². The average molecular weight is 333 g/mol. The summed E-state index contributed by atoms with van der Waals surface area (Å²) in [6.07, 6.45) is 3.02. The van der Waals surface area contributed by atoms with Crippen LogP contribution in [0.2, 0.25) is 0 Å². The largest absolute Gasteiger partial charge is 0.480 e. The fraction of sp³-hybridized carbons (Fsp3) is 0.500. The molecule has 1 aromatic carbocycles. The number of nitro groups is 1. The van der Waals surface area contributed by atoms with Gasteiger partial charge in [0.25, 0.3) is 11.6 Å². The van der Waals surface area contributed by atoms with Crippen molar-refractivity contribution in [3.8, 4) is 0 Å².